The van der Waals surface area contributed by atoms with Crippen molar-refractivity contribution in [1.29, 1.82) is 0 Å². The molecule has 0 aliphatic carbocycles. The zero-order chi connectivity index (χ0) is 29.4. The Bertz CT molecular complexity index is 1630. The molecule has 4 rings (SSSR count). The fraction of sp³-hybridized carbons (Fsp3) is 0.242. The van der Waals surface area contributed by atoms with Crippen LogP contribution in [0.1, 0.15) is 33.5 Å². The van der Waals surface area contributed by atoms with Crippen molar-refractivity contribution in [2.75, 3.05) is 27.9 Å². The summed E-state index contributed by atoms with van der Waals surface area (Å²) in [5.74, 6) is 1.18. The van der Waals surface area contributed by atoms with Crippen LogP contribution in [-0.4, -0.2) is 42.2 Å². The highest BCUT2D eigenvalue weighted by Gasteiger charge is 2.22. The Morgan fingerprint density at radius 3 is 2.27 bits per heavy atom. The summed E-state index contributed by atoms with van der Waals surface area (Å²) < 4.78 is 43.3. The molecule has 0 aromatic heterocycles. The van der Waals surface area contributed by atoms with Crippen molar-refractivity contribution in [1.82, 2.24) is 5.32 Å². The first-order valence-electron chi connectivity index (χ1n) is 13.3. The summed E-state index contributed by atoms with van der Waals surface area (Å²) in [5.41, 5.74) is 4.80. The molecule has 4 aromatic rings. The number of nitrogens with one attached hydrogen (secondary N) is 1. The summed E-state index contributed by atoms with van der Waals surface area (Å²) >= 11 is 0. The maximum absolute atomic E-state index is 13.6. The van der Waals surface area contributed by atoms with Gasteiger partial charge in [0.2, 0.25) is 0 Å². The summed E-state index contributed by atoms with van der Waals surface area (Å²) in [6.07, 6.45) is 1.39. The summed E-state index contributed by atoms with van der Waals surface area (Å²) in [7, 11) is 0.883. The van der Waals surface area contributed by atoms with Crippen LogP contribution in [-0.2, 0) is 22.0 Å². The Morgan fingerprint density at radius 2 is 1.51 bits per heavy atom. The van der Waals surface area contributed by atoms with Crippen molar-refractivity contribution in [3.8, 4) is 28.4 Å². The second kappa shape index (κ2) is 13.4. The number of hydrogen-bond acceptors (Lipinski definition) is 6. The summed E-state index contributed by atoms with van der Waals surface area (Å²) in [6.45, 7) is 2.45. The van der Waals surface area contributed by atoms with Gasteiger partial charge in [-0.15, -0.1) is 0 Å². The number of rotatable bonds is 12. The molecule has 4 aromatic carbocycles. The smallest absolute Gasteiger partial charge is 0.255 e. The van der Waals surface area contributed by atoms with Crippen LogP contribution in [0, 0.1) is 6.92 Å². The van der Waals surface area contributed by atoms with Crippen LogP contribution < -0.4 is 19.5 Å². The normalized spacial score (nSPS) is 11.1. The van der Waals surface area contributed by atoms with Gasteiger partial charge in [-0.25, -0.2) is 8.42 Å². The largest absolute Gasteiger partial charge is 0.497 e. The van der Waals surface area contributed by atoms with E-state index in [2.05, 4.69) is 5.32 Å². The monoisotopic (exact) mass is 573 g/mol. The lowest BCUT2D eigenvalue weighted by Crippen LogP contribution is -2.25. The topological polar surface area (TPSA) is 90.9 Å². The Hall–Kier alpha value is -4.30. The van der Waals surface area contributed by atoms with Crippen molar-refractivity contribution in [3.63, 3.8) is 0 Å². The van der Waals surface area contributed by atoms with Crippen LogP contribution in [0.4, 0.5) is 0 Å². The van der Waals surface area contributed by atoms with Gasteiger partial charge < -0.3 is 19.5 Å². The molecule has 0 unspecified atom stereocenters. The van der Waals surface area contributed by atoms with Crippen LogP contribution in [0.5, 0.6) is 17.2 Å². The molecule has 0 heterocycles. The van der Waals surface area contributed by atoms with E-state index in [0.29, 0.717) is 47.8 Å². The van der Waals surface area contributed by atoms with Crippen molar-refractivity contribution in [3.05, 3.63) is 107 Å². The Labute approximate surface area is 242 Å². The number of benzene rings is 4. The molecule has 0 spiro atoms. The maximum Gasteiger partial charge on any atom is 0.255 e. The van der Waals surface area contributed by atoms with Gasteiger partial charge in [-0.1, -0.05) is 48.5 Å². The third-order valence-electron chi connectivity index (χ3n) is 6.75. The number of ether oxygens (including phenoxy) is 3. The Balaban J connectivity index is 1.45. The molecule has 41 heavy (non-hydrogen) atoms. The van der Waals surface area contributed by atoms with Crippen LogP contribution >= 0.6 is 0 Å². The van der Waals surface area contributed by atoms with Gasteiger partial charge in [0.05, 0.1) is 32.6 Å². The fourth-order valence-corrected chi connectivity index (χ4v) is 6.26. The number of methoxy groups -OCH3 is 3. The SMILES string of the molecule is COc1cc(C)cc(-c2ccc(OC)c(S(=O)(=O)Cc3cccc(CCCNC(=O)c4ccccc4OC)c3)c2)c1. The predicted octanol–water partition coefficient (Wildman–Crippen LogP) is 6.02. The van der Waals surface area contributed by atoms with Crippen molar-refractivity contribution < 1.29 is 27.4 Å². The van der Waals surface area contributed by atoms with Gasteiger partial charge in [-0.2, -0.15) is 0 Å². The number of carbonyl (C=O) groups is 1. The molecule has 1 N–H and O–H groups in total. The molecule has 0 fully saturated rings. The van der Waals surface area contributed by atoms with E-state index in [1.54, 1.807) is 37.4 Å². The molecule has 214 valence electrons. The van der Waals surface area contributed by atoms with E-state index in [1.165, 1.54) is 14.2 Å². The molecule has 0 radical (unpaired) electrons. The Morgan fingerprint density at radius 1 is 0.756 bits per heavy atom. The van der Waals surface area contributed by atoms with Gasteiger partial charge in [-0.05, 0) is 84.0 Å². The van der Waals surface area contributed by atoms with Crippen molar-refractivity contribution in [2.45, 2.75) is 30.4 Å². The number of amides is 1. The Kier molecular flexibility index (Phi) is 9.68. The second-order valence-corrected chi connectivity index (χ2v) is 11.7. The number of hydrogen-bond donors (Lipinski definition) is 1. The minimum atomic E-state index is -3.73. The predicted molar refractivity (Wildman–Crippen MR) is 161 cm³/mol. The van der Waals surface area contributed by atoms with E-state index in [1.807, 2.05) is 61.5 Å². The molecule has 0 aliphatic heterocycles. The average molecular weight is 574 g/mol. The van der Waals surface area contributed by atoms with Gasteiger partial charge in [-0.3, -0.25) is 4.79 Å². The van der Waals surface area contributed by atoms with Gasteiger partial charge in [0.1, 0.15) is 22.1 Å². The molecule has 8 heteroatoms. The number of sulfone groups is 1. The first-order chi connectivity index (χ1) is 19.7. The van der Waals surface area contributed by atoms with E-state index in [4.69, 9.17) is 14.2 Å². The minimum Gasteiger partial charge on any atom is -0.497 e. The highest BCUT2D eigenvalue weighted by molar-refractivity contribution is 7.90. The molecule has 0 bridgehead atoms. The molecular weight excluding hydrogens is 538 g/mol. The second-order valence-electron chi connectivity index (χ2n) is 9.74. The lowest BCUT2D eigenvalue weighted by Gasteiger charge is -2.14. The first-order valence-corrected chi connectivity index (χ1v) is 14.9. The highest BCUT2D eigenvalue weighted by atomic mass is 32.2. The van der Waals surface area contributed by atoms with E-state index in [9.17, 15) is 13.2 Å². The van der Waals surface area contributed by atoms with Crippen molar-refractivity contribution >= 4 is 15.7 Å². The lowest BCUT2D eigenvalue weighted by molar-refractivity contribution is 0.0950. The van der Waals surface area contributed by atoms with Gasteiger partial charge in [0, 0.05) is 6.54 Å². The van der Waals surface area contributed by atoms with Crippen LogP contribution in [0.25, 0.3) is 11.1 Å². The number of para-hydroxylation sites is 1. The first kappa shape index (κ1) is 29.7. The van der Waals surface area contributed by atoms with Crippen molar-refractivity contribution in [2.24, 2.45) is 0 Å². The zero-order valence-corrected chi connectivity index (χ0v) is 24.6. The fourth-order valence-electron chi connectivity index (χ4n) is 4.73. The van der Waals surface area contributed by atoms with Gasteiger partial charge in [0.25, 0.3) is 5.91 Å². The lowest BCUT2D eigenvalue weighted by atomic mass is 10.0. The van der Waals surface area contributed by atoms with E-state index < -0.39 is 9.84 Å². The molecule has 0 saturated carbocycles. The zero-order valence-electron chi connectivity index (χ0n) is 23.8. The summed E-state index contributed by atoms with van der Waals surface area (Å²) in [5, 5.41) is 2.92. The average Bonchev–Trinajstić information content (AvgIpc) is 2.98. The maximum atomic E-state index is 13.6. The van der Waals surface area contributed by atoms with Crippen LogP contribution in [0.2, 0.25) is 0 Å². The molecule has 7 nitrogen and oxygen atoms in total. The molecule has 1 amide bonds. The minimum absolute atomic E-state index is 0.141. The third-order valence-corrected chi connectivity index (χ3v) is 8.45. The highest BCUT2D eigenvalue weighted by Crippen LogP contribution is 2.34. The van der Waals surface area contributed by atoms with E-state index >= 15 is 0 Å². The van der Waals surface area contributed by atoms with Crippen LogP contribution in [0.15, 0.2) is 89.8 Å². The quantitative estimate of drug-likeness (QED) is 0.208. The number of aryl methyl sites for hydroxylation is 2. The van der Waals surface area contributed by atoms with Crippen LogP contribution in [0.3, 0.4) is 0 Å². The third kappa shape index (κ3) is 7.46. The molecule has 0 atom stereocenters. The number of carbonyl (C=O) groups excluding carboxylic acids is 1. The molecule has 0 aliphatic rings. The summed E-state index contributed by atoms with van der Waals surface area (Å²) in [6, 6.07) is 25.6. The molecule has 0 saturated heterocycles. The van der Waals surface area contributed by atoms with E-state index in [-0.39, 0.29) is 16.6 Å². The summed E-state index contributed by atoms with van der Waals surface area (Å²) in [4.78, 5) is 12.7. The van der Waals surface area contributed by atoms with Gasteiger partial charge >= 0.3 is 0 Å². The molecular formula is C33H35NO6S. The van der Waals surface area contributed by atoms with Gasteiger partial charge in [0.15, 0.2) is 9.84 Å². The standard InChI is InChI=1S/C33H35NO6S/c1-23-17-27(20-28(18-23)38-2)26-14-15-31(40-4)32(21-26)41(36,37)22-25-10-7-9-24(19-25)11-8-16-34-33(35)29-12-5-6-13-30(29)39-3/h5-7,9-10,12-15,17-21H,8,11,16,22H2,1-4H3,(H,34,35). The van der Waals surface area contributed by atoms with E-state index in [0.717, 1.165) is 22.3 Å².